The van der Waals surface area contributed by atoms with Gasteiger partial charge in [0.2, 0.25) is 0 Å². The van der Waals surface area contributed by atoms with Crippen molar-refractivity contribution in [3.8, 4) is 11.1 Å². The Balaban J connectivity index is 1.95. The van der Waals surface area contributed by atoms with Crippen LogP contribution < -0.4 is 10.6 Å². The zero-order valence-electron chi connectivity index (χ0n) is 18.8. The molecule has 32 heavy (non-hydrogen) atoms. The average molecular weight is 444 g/mol. The van der Waals surface area contributed by atoms with Crippen LogP contribution in [0.1, 0.15) is 44.5 Å². The second-order valence-corrected chi connectivity index (χ2v) is 9.05. The molecule has 0 spiro atoms. The number of rotatable bonds is 9. The lowest BCUT2D eigenvalue weighted by Crippen LogP contribution is -2.42. The Morgan fingerprint density at radius 1 is 1.19 bits per heavy atom. The van der Waals surface area contributed by atoms with Crippen molar-refractivity contribution in [2.24, 2.45) is 0 Å². The van der Waals surface area contributed by atoms with Crippen LogP contribution in [0.4, 0.5) is 10.1 Å². The summed E-state index contributed by atoms with van der Waals surface area (Å²) in [4.78, 5) is 16.9. The van der Waals surface area contributed by atoms with E-state index in [9.17, 15) is 19.4 Å². The van der Waals surface area contributed by atoms with Gasteiger partial charge in [-0.1, -0.05) is 0 Å². The van der Waals surface area contributed by atoms with E-state index >= 15 is 0 Å². The summed E-state index contributed by atoms with van der Waals surface area (Å²) in [7, 11) is 0. The lowest BCUT2D eigenvalue weighted by Gasteiger charge is -2.23. The van der Waals surface area contributed by atoms with E-state index in [0.29, 0.717) is 24.2 Å². The van der Waals surface area contributed by atoms with Crippen LogP contribution in [0.25, 0.3) is 16.6 Å². The highest BCUT2D eigenvalue weighted by atomic mass is 19.1. The number of amides is 1. The van der Waals surface area contributed by atoms with Crippen molar-refractivity contribution in [3.05, 3.63) is 48.5 Å². The average Bonchev–Trinajstić information content (AvgIpc) is 3.15. The molecule has 0 fully saturated rings. The van der Waals surface area contributed by atoms with Gasteiger partial charge in [0.05, 0.1) is 40.7 Å². The molecule has 1 atom stereocenters. The smallest absolute Gasteiger partial charge is 0.255 e. The van der Waals surface area contributed by atoms with Crippen molar-refractivity contribution in [1.29, 1.82) is 0 Å². The van der Waals surface area contributed by atoms with Crippen LogP contribution in [0, 0.1) is 0 Å². The monoisotopic (exact) mass is 443 g/mol. The predicted octanol–water partition coefficient (Wildman–Crippen LogP) is 2.81. The van der Waals surface area contributed by atoms with Gasteiger partial charge in [0.1, 0.15) is 6.17 Å². The number of hydrogen-bond acceptors (Lipinski definition) is 6. The molecule has 172 valence electrons. The third-order valence-electron chi connectivity index (χ3n) is 5.14. The molecule has 0 aliphatic heterocycles. The lowest BCUT2D eigenvalue weighted by atomic mass is 10.0. The van der Waals surface area contributed by atoms with E-state index in [1.807, 2.05) is 24.4 Å². The van der Waals surface area contributed by atoms with E-state index in [4.69, 9.17) is 0 Å². The fourth-order valence-corrected chi connectivity index (χ4v) is 3.14. The first kappa shape index (κ1) is 23.6. The number of halogens is 1. The van der Waals surface area contributed by atoms with Crippen molar-refractivity contribution in [1.82, 2.24) is 19.9 Å². The molecule has 8 nitrogen and oxygen atoms in total. The van der Waals surface area contributed by atoms with Crippen molar-refractivity contribution in [3.63, 3.8) is 0 Å². The molecule has 3 aromatic heterocycles. The third-order valence-corrected chi connectivity index (χ3v) is 5.14. The van der Waals surface area contributed by atoms with Gasteiger partial charge < -0.3 is 20.8 Å². The first-order valence-corrected chi connectivity index (χ1v) is 10.5. The molecule has 0 bridgehead atoms. The van der Waals surface area contributed by atoms with Crippen molar-refractivity contribution < 1.29 is 19.4 Å². The maximum absolute atomic E-state index is 14.1. The predicted molar refractivity (Wildman–Crippen MR) is 121 cm³/mol. The van der Waals surface area contributed by atoms with Gasteiger partial charge in [-0.25, -0.2) is 8.91 Å². The van der Waals surface area contributed by atoms with Crippen molar-refractivity contribution >= 4 is 17.1 Å². The number of pyridine rings is 1. The van der Waals surface area contributed by atoms with Gasteiger partial charge in [-0.05, 0) is 57.9 Å². The number of aliphatic hydroxyl groups is 2. The summed E-state index contributed by atoms with van der Waals surface area (Å²) in [6.07, 6.45) is 5.49. The first-order chi connectivity index (χ1) is 15.0. The van der Waals surface area contributed by atoms with Gasteiger partial charge in [0.25, 0.3) is 5.91 Å². The van der Waals surface area contributed by atoms with Gasteiger partial charge in [-0.2, -0.15) is 5.10 Å². The van der Waals surface area contributed by atoms with Gasteiger partial charge in [-0.15, -0.1) is 0 Å². The summed E-state index contributed by atoms with van der Waals surface area (Å²) >= 11 is 0. The largest absolute Gasteiger partial charge is 0.390 e. The highest BCUT2D eigenvalue weighted by molar-refractivity contribution is 6.03. The molecular weight excluding hydrogens is 413 g/mol. The Morgan fingerprint density at radius 3 is 2.50 bits per heavy atom. The molecule has 0 aliphatic rings. The molecule has 3 aromatic rings. The van der Waals surface area contributed by atoms with Gasteiger partial charge in [-0.3, -0.25) is 9.78 Å². The van der Waals surface area contributed by atoms with E-state index in [2.05, 4.69) is 20.7 Å². The van der Waals surface area contributed by atoms with Gasteiger partial charge in [0, 0.05) is 30.7 Å². The zero-order valence-corrected chi connectivity index (χ0v) is 18.8. The molecule has 4 N–H and O–H groups in total. The zero-order chi connectivity index (χ0) is 23.5. The highest BCUT2D eigenvalue weighted by Gasteiger charge is 2.27. The Kier molecular flexibility index (Phi) is 6.80. The Bertz CT molecular complexity index is 1070. The van der Waals surface area contributed by atoms with E-state index in [1.165, 1.54) is 20.0 Å². The number of aromatic nitrogens is 3. The Labute approximate surface area is 186 Å². The van der Waals surface area contributed by atoms with E-state index in [0.717, 1.165) is 11.1 Å². The summed E-state index contributed by atoms with van der Waals surface area (Å²) in [6.45, 7) is 6.20. The second kappa shape index (κ2) is 9.22. The number of carbonyl (C=O) groups excluding carboxylic acids is 1. The van der Waals surface area contributed by atoms with Crippen LogP contribution in [-0.4, -0.2) is 61.2 Å². The highest BCUT2D eigenvalue weighted by Crippen LogP contribution is 2.28. The molecule has 0 radical (unpaired) electrons. The Hall–Kier alpha value is -3.04. The summed E-state index contributed by atoms with van der Waals surface area (Å²) in [5, 5.41) is 30.0. The number of carbonyl (C=O) groups is 1. The molecular formula is C23H30FN5O3. The van der Waals surface area contributed by atoms with Crippen LogP contribution in [0.3, 0.4) is 0 Å². The lowest BCUT2D eigenvalue weighted by molar-refractivity contribution is -0.00177. The van der Waals surface area contributed by atoms with Crippen LogP contribution in [-0.2, 0) is 0 Å². The quantitative estimate of drug-likeness (QED) is 0.405. The molecule has 0 saturated heterocycles. The SMILES string of the molecule is CC(C)(O)CCNc1c(C(=O)NC[C@@H](F)C(C)(C)O)cnn2cc(-c3ccncc3)cc12. The van der Waals surface area contributed by atoms with E-state index in [-0.39, 0.29) is 12.1 Å². The maximum atomic E-state index is 14.1. The molecule has 0 aliphatic carbocycles. The first-order valence-electron chi connectivity index (χ1n) is 10.5. The molecule has 9 heteroatoms. The van der Waals surface area contributed by atoms with Crippen molar-refractivity contribution in [2.75, 3.05) is 18.4 Å². The molecule has 0 unspecified atom stereocenters. The number of hydrogen-bond donors (Lipinski definition) is 4. The maximum Gasteiger partial charge on any atom is 0.255 e. The number of fused-ring (bicyclic) bond motifs is 1. The van der Waals surface area contributed by atoms with Crippen LogP contribution in [0.5, 0.6) is 0 Å². The summed E-state index contributed by atoms with van der Waals surface area (Å²) in [5.41, 5.74) is 0.843. The topological polar surface area (TPSA) is 112 Å². The minimum Gasteiger partial charge on any atom is -0.390 e. The molecule has 1 amide bonds. The number of anilines is 1. The van der Waals surface area contributed by atoms with E-state index < -0.39 is 23.3 Å². The fraction of sp³-hybridized carbons (Fsp3) is 0.435. The number of nitrogens with one attached hydrogen (secondary N) is 2. The summed E-state index contributed by atoms with van der Waals surface area (Å²) < 4.78 is 15.8. The van der Waals surface area contributed by atoms with Gasteiger partial charge >= 0.3 is 0 Å². The molecule has 3 heterocycles. The standard InChI is InChI=1S/C23H30FN5O3/c1-22(2,31)7-10-26-20-17(21(30)27-13-19(24)23(3,4)32)12-28-29-14-16(11-18(20)29)15-5-8-25-9-6-15/h5-6,8-9,11-12,14,19,26,31-32H,7,10,13H2,1-4H3,(H,27,30)/t19-/m1/s1. The number of nitrogens with zero attached hydrogens (tertiary/aromatic N) is 3. The van der Waals surface area contributed by atoms with E-state index in [1.54, 1.807) is 30.8 Å². The normalized spacial score (nSPS) is 13.2. The second-order valence-electron chi connectivity index (χ2n) is 9.05. The third kappa shape index (κ3) is 5.80. The minimum absolute atomic E-state index is 0.246. The van der Waals surface area contributed by atoms with Crippen LogP contribution in [0.15, 0.2) is 43.0 Å². The molecule has 3 rings (SSSR count). The van der Waals surface area contributed by atoms with Crippen molar-refractivity contribution in [2.45, 2.75) is 51.5 Å². The van der Waals surface area contributed by atoms with Gasteiger partial charge in [0.15, 0.2) is 0 Å². The minimum atomic E-state index is -1.62. The number of alkyl halides is 1. The summed E-state index contributed by atoms with van der Waals surface area (Å²) in [6, 6.07) is 5.66. The Morgan fingerprint density at radius 2 is 1.88 bits per heavy atom. The molecule has 0 saturated carbocycles. The van der Waals surface area contributed by atoms with Crippen LogP contribution in [0.2, 0.25) is 0 Å². The molecule has 0 aromatic carbocycles. The van der Waals surface area contributed by atoms with Crippen LogP contribution >= 0.6 is 0 Å². The summed E-state index contributed by atoms with van der Waals surface area (Å²) in [5.74, 6) is -0.510. The fourth-order valence-electron chi connectivity index (χ4n) is 3.14.